The summed E-state index contributed by atoms with van der Waals surface area (Å²) in [5.74, 6) is 2.05. The van der Waals surface area contributed by atoms with Gasteiger partial charge in [-0.15, -0.1) is 0 Å². The van der Waals surface area contributed by atoms with Crippen LogP contribution in [0.2, 0.25) is 0 Å². The Kier molecular flexibility index (Phi) is 2.07. The van der Waals surface area contributed by atoms with E-state index in [1.54, 1.807) is 0 Å². The molecule has 1 aromatic heterocycles. The summed E-state index contributed by atoms with van der Waals surface area (Å²) < 4.78 is 0. The maximum atomic E-state index is 4.61. The van der Waals surface area contributed by atoms with Gasteiger partial charge in [0.15, 0.2) is 0 Å². The van der Waals surface area contributed by atoms with Crippen LogP contribution in [0.4, 0.5) is 0 Å². The van der Waals surface area contributed by atoms with E-state index in [-0.39, 0.29) is 0 Å². The molecule has 0 atom stereocenters. The summed E-state index contributed by atoms with van der Waals surface area (Å²) in [4.78, 5) is 4.61. The Labute approximate surface area is 171 Å². The molecule has 0 bridgehead atoms. The van der Waals surface area contributed by atoms with Crippen LogP contribution >= 0.6 is 0 Å². The topological polar surface area (TPSA) is 12.9 Å². The Bertz CT molecular complexity index is 1920. The molecule has 0 aliphatic heterocycles. The van der Waals surface area contributed by atoms with Crippen LogP contribution in [0.1, 0.15) is 0 Å². The maximum absolute atomic E-state index is 4.61. The predicted octanol–water partition coefficient (Wildman–Crippen LogP) is 7.40. The van der Waals surface area contributed by atoms with Gasteiger partial charge in [-0.1, -0.05) is 6.07 Å². The van der Waals surface area contributed by atoms with Crippen LogP contribution in [0.25, 0.3) is 86.3 Å². The summed E-state index contributed by atoms with van der Waals surface area (Å²) in [5.41, 5.74) is 1.15. The van der Waals surface area contributed by atoms with Crippen molar-refractivity contribution in [2.45, 2.75) is 0 Å². The fraction of sp³-hybridized carbons (Fsp3) is 0. The van der Waals surface area contributed by atoms with Crippen LogP contribution in [0.15, 0.2) is 72.7 Å². The zero-order valence-corrected chi connectivity index (χ0v) is 16.0. The monoisotopic (exact) mass is 373 g/mol. The summed E-state index contributed by atoms with van der Waals surface area (Å²) in [6.07, 6.45) is 0. The number of aromatic nitrogens is 1. The number of hydrogen-bond donors (Lipinski definition) is 0. The third kappa shape index (κ3) is 1.28. The number of benzene rings is 4. The summed E-state index contributed by atoms with van der Waals surface area (Å²) in [6, 6.07) is 24.9. The second kappa shape index (κ2) is 4.37. The molecule has 0 unspecified atom stereocenters. The molecule has 1 nitrogen and oxygen atoms in total. The minimum atomic E-state index is 1.15. The minimum absolute atomic E-state index is 1.15. The third-order valence-electron chi connectivity index (χ3n) is 7.52. The third-order valence-corrected chi connectivity index (χ3v) is 7.52. The molecular formula is C28H12BN. The second-order valence-corrected chi connectivity index (χ2v) is 8.68. The van der Waals surface area contributed by atoms with E-state index in [0.717, 1.165) is 5.52 Å². The van der Waals surface area contributed by atoms with Crippen molar-refractivity contribution in [3.05, 3.63) is 72.7 Å². The molecule has 0 aliphatic rings. The van der Waals surface area contributed by atoms with Crippen molar-refractivity contribution in [1.29, 1.82) is 0 Å². The fourth-order valence-corrected chi connectivity index (χ4v) is 6.23. The molecule has 8 aromatic carbocycles. The molecule has 30 heavy (non-hydrogen) atoms. The van der Waals surface area contributed by atoms with E-state index in [1.165, 1.54) is 80.8 Å². The number of rotatable bonds is 0. The van der Waals surface area contributed by atoms with Crippen molar-refractivity contribution in [3.63, 3.8) is 0 Å². The molecule has 132 valence electrons. The Balaban J connectivity index is 1.55. The number of fused-ring (bicyclic) bond motifs is 19. The van der Waals surface area contributed by atoms with Crippen molar-refractivity contribution in [3.8, 4) is 0 Å². The van der Waals surface area contributed by atoms with Crippen LogP contribution in [-0.4, -0.2) is 11.9 Å². The van der Waals surface area contributed by atoms with Crippen LogP contribution in [0, 0.1) is 0 Å². The van der Waals surface area contributed by atoms with Crippen LogP contribution in [-0.2, 0) is 0 Å². The molecule has 0 fully saturated rings. The van der Waals surface area contributed by atoms with Gasteiger partial charge in [0.05, 0.1) is 0 Å². The molecule has 9 aromatic rings. The zero-order valence-electron chi connectivity index (χ0n) is 16.0. The van der Waals surface area contributed by atoms with Crippen molar-refractivity contribution < 1.29 is 0 Å². The molecule has 0 aliphatic carbocycles. The Hall–Kier alpha value is -3.78. The average molecular weight is 373 g/mol. The number of nitrogens with zero attached hydrogens (tertiary/aromatic N) is 1. The van der Waals surface area contributed by atoms with Crippen molar-refractivity contribution in [1.82, 2.24) is 4.89 Å². The molecule has 0 spiro atoms. The first kappa shape index (κ1) is 14.2. The van der Waals surface area contributed by atoms with Crippen molar-refractivity contribution >= 4 is 93.4 Å². The average Bonchev–Trinajstić information content (AvgIpc) is 2.76. The first-order valence-corrected chi connectivity index (χ1v) is 10.5. The molecule has 1 heterocycles. The standard InChI is InChI=1S/C28H12BN/c1-2-4-14-13(3-1)15-5-6-16-18-7-8-19-17-9-10-20-23(21-11-12-29-30-28(20)21)25(17)27(19)26(18)24(16)22(14)15/h1-12H. The predicted molar refractivity (Wildman–Crippen MR) is 130 cm³/mol. The molecule has 0 saturated heterocycles. The SMILES string of the molecule is b1ccc2c(n1)c1ccc3c4ccc5c6ccc7c8ccccc8c7c6c5c4c3c21. The van der Waals surface area contributed by atoms with Gasteiger partial charge in [-0.2, -0.15) is 0 Å². The number of hydrogen-bond acceptors (Lipinski definition) is 1. The fourth-order valence-electron chi connectivity index (χ4n) is 6.23. The van der Waals surface area contributed by atoms with E-state index in [0.29, 0.717) is 0 Å². The van der Waals surface area contributed by atoms with Crippen molar-refractivity contribution in [2.24, 2.45) is 0 Å². The Morgan fingerprint density at radius 3 is 1.50 bits per heavy atom. The van der Waals surface area contributed by atoms with E-state index in [4.69, 9.17) is 0 Å². The van der Waals surface area contributed by atoms with Crippen LogP contribution < -0.4 is 0 Å². The Morgan fingerprint density at radius 1 is 0.400 bits per heavy atom. The summed E-state index contributed by atoms with van der Waals surface area (Å²) >= 11 is 0. The van der Waals surface area contributed by atoms with Gasteiger partial charge in [-0.25, -0.2) is 0 Å². The van der Waals surface area contributed by atoms with E-state index >= 15 is 0 Å². The molecule has 0 N–H and O–H groups in total. The molecule has 2 heteroatoms. The van der Waals surface area contributed by atoms with Gasteiger partial charge in [0.2, 0.25) is 0 Å². The Morgan fingerprint density at radius 2 is 0.833 bits per heavy atom. The van der Waals surface area contributed by atoms with E-state index < -0.39 is 0 Å². The first-order valence-electron chi connectivity index (χ1n) is 10.5. The van der Waals surface area contributed by atoms with Gasteiger partial charge in [0.1, 0.15) is 0 Å². The van der Waals surface area contributed by atoms with E-state index in [1.807, 2.05) is 7.05 Å². The van der Waals surface area contributed by atoms with Gasteiger partial charge in [-0.05, 0) is 0 Å². The normalized spacial score (nSPS) is 13.2. The second-order valence-electron chi connectivity index (χ2n) is 8.68. The van der Waals surface area contributed by atoms with E-state index in [9.17, 15) is 0 Å². The molecule has 9 rings (SSSR count). The van der Waals surface area contributed by atoms with Gasteiger partial charge in [0, 0.05) is 0 Å². The van der Waals surface area contributed by atoms with Gasteiger partial charge in [0.25, 0.3) is 0 Å². The summed E-state index contributed by atoms with van der Waals surface area (Å²) in [5, 5.41) is 21.1. The van der Waals surface area contributed by atoms with Gasteiger partial charge < -0.3 is 0 Å². The zero-order chi connectivity index (χ0) is 19.1. The molecule has 0 saturated carbocycles. The van der Waals surface area contributed by atoms with Gasteiger partial charge in [-0.3, -0.25) is 0 Å². The molecule has 0 amide bonds. The van der Waals surface area contributed by atoms with Crippen LogP contribution in [0.5, 0.6) is 0 Å². The first-order chi connectivity index (χ1) is 14.9. The summed E-state index contributed by atoms with van der Waals surface area (Å²) in [6.45, 7) is 0. The van der Waals surface area contributed by atoms with Gasteiger partial charge >= 0.3 is 165 Å². The molecular weight excluding hydrogens is 361 g/mol. The quantitative estimate of drug-likeness (QED) is 0.270. The molecule has 0 radical (unpaired) electrons. The van der Waals surface area contributed by atoms with E-state index in [2.05, 4.69) is 77.6 Å². The van der Waals surface area contributed by atoms with Crippen molar-refractivity contribution in [2.75, 3.05) is 0 Å². The summed E-state index contributed by atoms with van der Waals surface area (Å²) in [7, 11) is 1.90. The van der Waals surface area contributed by atoms with Crippen LogP contribution in [0.3, 0.4) is 0 Å².